The van der Waals surface area contributed by atoms with Crippen LogP contribution in [0.2, 0.25) is 0 Å². The summed E-state index contributed by atoms with van der Waals surface area (Å²) in [4.78, 5) is 11.7. The first-order valence-electron chi connectivity index (χ1n) is 7.34. The third-order valence-electron chi connectivity index (χ3n) is 7.19. The summed E-state index contributed by atoms with van der Waals surface area (Å²) in [7, 11) is 0. The number of carbonyl (C=O) groups is 1. The van der Waals surface area contributed by atoms with Crippen LogP contribution in [0.4, 0.5) is 0 Å². The van der Waals surface area contributed by atoms with Gasteiger partial charge in [0.2, 0.25) is 0 Å². The van der Waals surface area contributed by atoms with E-state index in [1.54, 1.807) is 0 Å². The SMILES string of the molecule is C[C@@H]1CC[C@]23C[C@H]1C(C)(C)[C@@H]2CC[C@]3(C)C=O. The van der Waals surface area contributed by atoms with Gasteiger partial charge < -0.3 is 4.79 Å². The number of hydrogen-bond acceptors (Lipinski definition) is 1. The lowest BCUT2D eigenvalue weighted by atomic mass is 9.59. The molecule has 96 valence electrons. The largest absolute Gasteiger partial charge is 0.303 e. The Kier molecular flexibility index (Phi) is 2.18. The second kappa shape index (κ2) is 3.16. The fourth-order valence-electron chi connectivity index (χ4n) is 6.10. The molecule has 3 aliphatic carbocycles. The van der Waals surface area contributed by atoms with E-state index in [2.05, 4.69) is 27.7 Å². The highest BCUT2D eigenvalue weighted by Crippen LogP contribution is 2.75. The Morgan fingerprint density at radius 2 is 1.82 bits per heavy atom. The average Bonchev–Trinajstić information content (AvgIpc) is 2.67. The Hall–Kier alpha value is -0.330. The summed E-state index contributed by atoms with van der Waals surface area (Å²) >= 11 is 0. The molecule has 0 unspecified atom stereocenters. The van der Waals surface area contributed by atoms with E-state index in [1.807, 2.05) is 0 Å². The maximum atomic E-state index is 11.7. The summed E-state index contributed by atoms with van der Waals surface area (Å²) in [5.74, 6) is 2.50. The van der Waals surface area contributed by atoms with Gasteiger partial charge in [-0.25, -0.2) is 0 Å². The van der Waals surface area contributed by atoms with E-state index in [-0.39, 0.29) is 5.41 Å². The van der Waals surface area contributed by atoms with Crippen molar-refractivity contribution >= 4 is 6.29 Å². The molecule has 3 saturated carbocycles. The molecular weight excluding hydrogens is 208 g/mol. The van der Waals surface area contributed by atoms with Crippen molar-refractivity contribution in [3.63, 3.8) is 0 Å². The van der Waals surface area contributed by atoms with Crippen molar-refractivity contribution in [2.24, 2.45) is 34.0 Å². The Morgan fingerprint density at radius 1 is 1.12 bits per heavy atom. The van der Waals surface area contributed by atoms with Crippen LogP contribution < -0.4 is 0 Å². The predicted molar refractivity (Wildman–Crippen MR) is 69.6 cm³/mol. The van der Waals surface area contributed by atoms with Gasteiger partial charge in [-0.15, -0.1) is 0 Å². The van der Waals surface area contributed by atoms with Crippen LogP contribution in [0.1, 0.15) is 59.8 Å². The Balaban J connectivity index is 2.10. The monoisotopic (exact) mass is 234 g/mol. The Morgan fingerprint density at radius 3 is 2.47 bits per heavy atom. The van der Waals surface area contributed by atoms with Crippen molar-refractivity contribution in [1.29, 1.82) is 0 Å². The minimum atomic E-state index is -0.0240. The number of carbonyl (C=O) groups excluding carboxylic acids is 1. The van der Waals surface area contributed by atoms with Gasteiger partial charge in [-0.2, -0.15) is 0 Å². The van der Waals surface area contributed by atoms with E-state index in [9.17, 15) is 4.79 Å². The molecule has 0 amide bonds. The highest BCUT2D eigenvalue weighted by Gasteiger charge is 2.69. The van der Waals surface area contributed by atoms with Crippen LogP contribution in [0, 0.1) is 34.0 Å². The molecule has 0 aromatic carbocycles. The fraction of sp³-hybridized carbons (Fsp3) is 0.938. The summed E-state index contributed by atoms with van der Waals surface area (Å²) in [5, 5.41) is 0. The van der Waals surface area contributed by atoms with Crippen LogP contribution >= 0.6 is 0 Å². The number of aldehydes is 1. The van der Waals surface area contributed by atoms with Crippen molar-refractivity contribution in [1.82, 2.24) is 0 Å². The van der Waals surface area contributed by atoms with Gasteiger partial charge in [0.05, 0.1) is 0 Å². The third kappa shape index (κ3) is 1.14. The standard InChI is InChI=1S/C16H26O/c1-11-5-8-16-9-12(11)14(2,3)13(16)6-7-15(16,4)10-17/h10-13H,5-9H2,1-4H3/t11-,12-,13+,15-,16+/m1/s1. The molecule has 3 fully saturated rings. The summed E-state index contributed by atoms with van der Waals surface area (Å²) in [5.41, 5.74) is 0.788. The zero-order chi connectivity index (χ0) is 12.5. The fourth-order valence-corrected chi connectivity index (χ4v) is 6.10. The molecule has 5 atom stereocenters. The van der Waals surface area contributed by atoms with Crippen LogP contribution in [-0.2, 0) is 4.79 Å². The maximum absolute atomic E-state index is 11.7. The number of fused-ring (bicyclic) bond motifs is 1. The molecule has 3 rings (SSSR count). The topological polar surface area (TPSA) is 17.1 Å². The molecule has 3 aliphatic rings. The average molecular weight is 234 g/mol. The molecule has 2 bridgehead atoms. The second-order valence-corrected chi connectivity index (χ2v) is 7.93. The van der Waals surface area contributed by atoms with E-state index in [1.165, 1.54) is 32.0 Å². The number of rotatable bonds is 1. The number of hydrogen-bond donors (Lipinski definition) is 0. The van der Waals surface area contributed by atoms with E-state index >= 15 is 0 Å². The first-order valence-corrected chi connectivity index (χ1v) is 7.34. The highest BCUT2D eigenvalue weighted by molar-refractivity contribution is 5.62. The van der Waals surface area contributed by atoms with Gasteiger partial charge in [-0.05, 0) is 60.7 Å². The first-order chi connectivity index (χ1) is 7.87. The molecule has 0 aromatic heterocycles. The molecule has 0 heterocycles. The van der Waals surface area contributed by atoms with Crippen molar-refractivity contribution in [3.8, 4) is 0 Å². The van der Waals surface area contributed by atoms with Gasteiger partial charge in [-0.1, -0.05) is 27.7 Å². The van der Waals surface area contributed by atoms with Crippen LogP contribution in [-0.4, -0.2) is 6.29 Å². The Labute approximate surface area is 105 Å². The minimum absolute atomic E-state index is 0.0240. The van der Waals surface area contributed by atoms with E-state index in [0.717, 1.165) is 24.2 Å². The predicted octanol–water partition coefficient (Wildman–Crippen LogP) is 4.06. The molecule has 1 nitrogen and oxygen atoms in total. The quantitative estimate of drug-likeness (QED) is 0.625. The van der Waals surface area contributed by atoms with Gasteiger partial charge in [0.25, 0.3) is 0 Å². The molecule has 0 N–H and O–H groups in total. The van der Waals surface area contributed by atoms with Crippen LogP contribution in [0.3, 0.4) is 0 Å². The normalized spacial score (nSPS) is 55.6. The zero-order valence-corrected chi connectivity index (χ0v) is 11.8. The summed E-state index contributed by atoms with van der Waals surface area (Å²) in [6.45, 7) is 9.62. The van der Waals surface area contributed by atoms with Crippen LogP contribution in [0.5, 0.6) is 0 Å². The van der Waals surface area contributed by atoms with Gasteiger partial charge in [0.1, 0.15) is 6.29 Å². The second-order valence-electron chi connectivity index (χ2n) is 7.93. The van der Waals surface area contributed by atoms with Crippen LogP contribution in [0.25, 0.3) is 0 Å². The minimum Gasteiger partial charge on any atom is -0.303 e. The molecular formula is C16H26O. The summed E-state index contributed by atoms with van der Waals surface area (Å²) < 4.78 is 0. The molecule has 0 aromatic rings. The summed E-state index contributed by atoms with van der Waals surface area (Å²) in [6, 6.07) is 0. The lowest BCUT2D eigenvalue weighted by molar-refractivity contribution is -0.123. The van der Waals surface area contributed by atoms with Crippen molar-refractivity contribution in [2.45, 2.75) is 59.8 Å². The van der Waals surface area contributed by atoms with E-state index < -0.39 is 0 Å². The van der Waals surface area contributed by atoms with E-state index in [0.29, 0.717) is 10.8 Å². The van der Waals surface area contributed by atoms with Crippen molar-refractivity contribution in [2.75, 3.05) is 0 Å². The van der Waals surface area contributed by atoms with Crippen molar-refractivity contribution < 1.29 is 4.79 Å². The van der Waals surface area contributed by atoms with Crippen LogP contribution in [0.15, 0.2) is 0 Å². The first kappa shape index (κ1) is 11.7. The molecule has 17 heavy (non-hydrogen) atoms. The van der Waals surface area contributed by atoms with Crippen molar-refractivity contribution in [3.05, 3.63) is 0 Å². The maximum Gasteiger partial charge on any atom is 0.126 e. The van der Waals surface area contributed by atoms with Gasteiger partial charge in [-0.3, -0.25) is 0 Å². The Bertz CT molecular complexity index is 359. The smallest absolute Gasteiger partial charge is 0.126 e. The molecule has 1 spiro atoms. The van der Waals surface area contributed by atoms with E-state index in [4.69, 9.17) is 0 Å². The third-order valence-corrected chi connectivity index (χ3v) is 7.19. The molecule has 0 radical (unpaired) electrons. The van der Waals surface area contributed by atoms with Gasteiger partial charge in [0, 0.05) is 5.41 Å². The lowest BCUT2D eigenvalue weighted by Gasteiger charge is -2.44. The molecule has 0 saturated heterocycles. The lowest BCUT2D eigenvalue weighted by Crippen LogP contribution is -2.40. The molecule has 0 aliphatic heterocycles. The zero-order valence-electron chi connectivity index (χ0n) is 11.8. The van der Waals surface area contributed by atoms with Gasteiger partial charge >= 0.3 is 0 Å². The summed E-state index contributed by atoms with van der Waals surface area (Å²) in [6.07, 6.45) is 7.68. The van der Waals surface area contributed by atoms with Gasteiger partial charge in [0.15, 0.2) is 0 Å². The highest BCUT2D eigenvalue weighted by atomic mass is 16.1. The molecule has 1 heteroatoms.